The van der Waals surface area contributed by atoms with Gasteiger partial charge in [-0.3, -0.25) is 9.59 Å². The van der Waals surface area contributed by atoms with E-state index < -0.39 is 0 Å². The number of nitrogens with one attached hydrogen (secondary N) is 2. The van der Waals surface area contributed by atoms with Gasteiger partial charge in [-0.15, -0.1) is 0 Å². The van der Waals surface area contributed by atoms with Crippen LogP contribution in [-0.4, -0.2) is 54.7 Å². The number of halogens is 1. The Bertz CT molecular complexity index is 1120. The molecule has 4 rings (SSSR count). The molecule has 2 N–H and O–H groups in total. The van der Waals surface area contributed by atoms with Gasteiger partial charge >= 0.3 is 0 Å². The number of nitrogens with zero attached hydrogens (tertiary/aromatic N) is 2. The molecule has 188 valence electrons. The molecule has 0 spiro atoms. The number of piperidine rings is 1. The third kappa shape index (κ3) is 5.84. The number of carbonyl (C=O) groups excluding carboxylic acids is 1. The Morgan fingerprint density at radius 3 is 2.69 bits per heavy atom. The fourth-order valence-corrected chi connectivity index (χ4v) is 5.49. The van der Waals surface area contributed by atoms with Crippen LogP contribution in [0, 0.1) is 6.92 Å². The van der Waals surface area contributed by atoms with Crippen LogP contribution in [0.25, 0.3) is 0 Å². The Hall–Kier alpha value is -2.93. The lowest BCUT2D eigenvalue weighted by Crippen LogP contribution is -2.46. The van der Waals surface area contributed by atoms with Crippen LogP contribution in [0.4, 0.5) is 10.1 Å². The van der Waals surface area contributed by atoms with Crippen LogP contribution in [0.15, 0.2) is 41.2 Å². The van der Waals surface area contributed by atoms with Crippen molar-refractivity contribution < 1.29 is 9.18 Å². The number of hydrogen-bond acceptors (Lipinski definition) is 4. The number of anilines is 1. The zero-order valence-electron chi connectivity index (χ0n) is 20.9. The third-order valence-corrected chi connectivity index (χ3v) is 7.30. The number of aromatic amines is 1. The molecule has 0 aliphatic carbocycles. The molecule has 2 aliphatic heterocycles. The fraction of sp³-hybridized carbons (Fsp3) is 0.500. The lowest BCUT2D eigenvalue weighted by Gasteiger charge is -2.40. The van der Waals surface area contributed by atoms with Gasteiger partial charge in [-0.05, 0) is 75.3 Å². The summed E-state index contributed by atoms with van der Waals surface area (Å²) in [6.45, 7) is 7.10. The Labute approximate surface area is 207 Å². The zero-order chi connectivity index (χ0) is 24.8. The summed E-state index contributed by atoms with van der Waals surface area (Å²) in [5.41, 5.74) is 5.10. The number of hydrogen-bond donors (Lipinski definition) is 2. The minimum absolute atomic E-state index is 0.133. The first kappa shape index (κ1) is 25.2. The third-order valence-electron chi connectivity index (χ3n) is 7.30. The van der Waals surface area contributed by atoms with Crippen molar-refractivity contribution in [2.24, 2.45) is 0 Å². The molecule has 2 aliphatic rings. The largest absolute Gasteiger partial charge is 0.368 e. The van der Waals surface area contributed by atoms with Crippen molar-refractivity contribution in [3.8, 4) is 0 Å². The summed E-state index contributed by atoms with van der Waals surface area (Å²) in [6, 6.07) is 8.32. The molecule has 0 unspecified atom stereocenters. The topological polar surface area (TPSA) is 68.4 Å². The molecule has 35 heavy (non-hydrogen) atoms. The van der Waals surface area contributed by atoms with E-state index in [-0.39, 0.29) is 24.7 Å². The van der Waals surface area contributed by atoms with Crippen molar-refractivity contribution in [3.05, 3.63) is 74.7 Å². The molecule has 3 heterocycles. The molecular formula is C28H37FN4O2. The fourth-order valence-electron chi connectivity index (χ4n) is 5.49. The summed E-state index contributed by atoms with van der Waals surface area (Å²) < 4.78 is 12.8. The Morgan fingerprint density at radius 2 is 1.94 bits per heavy atom. The molecular weight excluding hydrogens is 443 g/mol. The van der Waals surface area contributed by atoms with Gasteiger partial charge in [0.1, 0.15) is 6.67 Å². The van der Waals surface area contributed by atoms with Gasteiger partial charge in [-0.2, -0.15) is 0 Å². The van der Waals surface area contributed by atoms with E-state index in [0.717, 1.165) is 67.8 Å². The van der Waals surface area contributed by atoms with Crippen LogP contribution in [0.3, 0.4) is 0 Å². The van der Waals surface area contributed by atoms with Gasteiger partial charge in [0, 0.05) is 61.3 Å². The van der Waals surface area contributed by atoms with Crippen LogP contribution in [0.5, 0.6) is 0 Å². The normalized spacial score (nSPS) is 18.5. The van der Waals surface area contributed by atoms with Crippen molar-refractivity contribution >= 4 is 11.6 Å². The number of H-pyrrole nitrogens is 1. The van der Waals surface area contributed by atoms with Gasteiger partial charge in [-0.25, -0.2) is 4.39 Å². The molecule has 1 aromatic heterocycles. The van der Waals surface area contributed by atoms with E-state index in [2.05, 4.69) is 45.2 Å². The maximum atomic E-state index is 13.4. The molecule has 2 aromatic rings. The molecule has 0 atom stereocenters. The monoisotopic (exact) mass is 480 g/mol. The number of aromatic nitrogens is 1. The van der Waals surface area contributed by atoms with Crippen LogP contribution in [-0.2, 0) is 19.4 Å². The smallest absolute Gasteiger partial charge is 0.253 e. The number of benzene rings is 1. The van der Waals surface area contributed by atoms with Crippen LogP contribution < -0.4 is 15.8 Å². The molecule has 1 aromatic carbocycles. The Morgan fingerprint density at radius 1 is 1.14 bits per heavy atom. The molecule has 1 saturated heterocycles. The summed E-state index contributed by atoms with van der Waals surface area (Å²) in [5, 5.41) is 3.01. The molecule has 0 saturated carbocycles. The summed E-state index contributed by atoms with van der Waals surface area (Å²) in [5.74, 6) is -0.157. The summed E-state index contributed by atoms with van der Waals surface area (Å²) in [4.78, 5) is 33.5. The first-order valence-corrected chi connectivity index (χ1v) is 12.8. The average Bonchev–Trinajstić information content (AvgIpc) is 2.84. The highest BCUT2D eigenvalue weighted by Gasteiger charge is 2.26. The number of pyridine rings is 1. The van der Waals surface area contributed by atoms with E-state index in [9.17, 15) is 14.0 Å². The minimum Gasteiger partial charge on any atom is -0.368 e. The standard InChI is InChI=1S/C28H37FN4O2/c1-3-33(22-12-15-32(16-13-22)17-14-29)26-11-7-10-24-23(26)9-6-4-5-8-21-18-20(2)31-28(35)25(21)19-30-27(24)34/h4,6-7,10-11,18,22H,3,5,8-9,12-17,19H2,1-2H3,(H,30,34)(H,31,35)/b6-4+. The van der Waals surface area contributed by atoms with Gasteiger partial charge in [0.05, 0.1) is 0 Å². The van der Waals surface area contributed by atoms with Gasteiger partial charge < -0.3 is 20.1 Å². The minimum atomic E-state index is -0.300. The number of likely N-dealkylation sites (tertiary alicyclic amines) is 1. The van der Waals surface area contributed by atoms with E-state index >= 15 is 0 Å². The summed E-state index contributed by atoms with van der Waals surface area (Å²) in [7, 11) is 0. The number of rotatable bonds is 5. The summed E-state index contributed by atoms with van der Waals surface area (Å²) >= 11 is 0. The van der Waals surface area contributed by atoms with Gasteiger partial charge in [0.25, 0.3) is 11.5 Å². The van der Waals surface area contributed by atoms with E-state index in [1.807, 2.05) is 25.1 Å². The molecule has 0 radical (unpaired) electrons. The quantitative estimate of drug-likeness (QED) is 0.637. The van der Waals surface area contributed by atoms with Crippen LogP contribution in [0.2, 0.25) is 0 Å². The number of alkyl halides is 1. The maximum Gasteiger partial charge on any atom is 0.253 e. The van der Waals surface area contributed by atoms with Crippen molar-refractivity contribution in [3.63, 3.8) is 0 Å². The second-order valence-electron chi connectivity index (χ2n) is 9.53. The highest BCUT2D eigenvalue weighted by atomic mass is 19.1. The number of carbonyl (C=O) groups is 1. The molecule has 1 amide bonds. The van der Waals surface area contributed by atoms with Crippen molar-refractivity contribution in [2.75, 3.05) is 37.8 Å². The molecule has 7 heteroatoms. The van der Waals surface area contributed by atoms with Crippen molar-refractivity contribution in [2.45, 2.75) is 58.5 Å². The first-order valence-electron chi connectivity index (χ1n) is 12.8. The van der Waals surface area contributed by atoms with Crippen LogP contribution >= 0.6 is 0 Å². The van der Waals surface area contributed by atoms with E-state index in [1.165, 1.54) is 0 Å². The zero-order valence-corrected chi connectivity index (χ0v) is 20.9. The SMILES string of the molecule is CCN(c1cccc2c1C/C=C/CCc1cc(C)[nH]c(=O)c1CNC2=O)C1CCN(CCF)CC1. The first-order chi connectivity index (χ1) is 17.0. The van der Waals surface area contributed by atoms with E-state index in [0.29, 0.717) is 30.1 Å². The van der Waals surface area contributed by atoms with E-state index in [1.54, 1.807) is 0 Å². The molecule has 6 nitrogen and oxygen atoms in total. The van der Waals surface area contributed by atoms with Gasteiger partial charge in [-0.1, -0.05) is 18.2 Å². The predicted octanol–water partition coefficient (Wildman–Crippen LogP) is 3.92. The second kappa shape index (κ2) is 11.7. The highest BCUT2D eigenvalue weighted by molar-refractivity contribution is 5.97. The predicted molar refractivity (Wildman–Crippen MR) is 139 cm³/mol. The second-order valence-corrected chi connectivity index (χ2v) is 9.53. The Kier molecular flexibility index (Phi) is 8.39. The summed E-state index contributed by atoms with van der Waals surface area (Å²) in [6.07, 6.45) is 8.56. The number of fused-ring (bicyclic) bond motifs is 2. The van der Waals surface area contributed by atoms with Gasteiger partial charge in [0.2, 0.25) is 0 Å². The number of allylic oxidation sites excluding steroid dienone is 2. The highest BCUT2D eigenvalue weighted by Crippen LogP contribution is 2.30. The van der Waals surface area contributed by atoms with E-state index in [4.69, 9.17) is 0 Å². The van der Waals surface area contributed by atoms with Crippen LogP contribution in [0.1, 0.15) is 58.9 Å². The van der Waals surface area contributed by atoms with Crippen molar-refractivity contribution in [1.29, 1.82) is 0 Å². The maximum absolute atomic E-state index is 13.4. The van der Waals surface area contributed by atoms with Crippen molar-refractivity contribution in [1.82, 2.24) is 15.2 Å². The number of aryl methyl sites for hydroxylation is 2. The lowest BCUT2D eigenvalue weighted by molar-refractivity contribution is 0.0950. The number of amides is 1. The molecule has 0 bridgehead atoms. The lowest BCUT2D eigenvalue weighted by atomic mass is 9.96. The molecule has 1 fully saturated rings. The Balaban J connectivity index is 1.63. The van der Waals surface area contributed by atoms with Gasteiger partial charge in [0.15, 0.2) is 0 Å². The average molecular weight is 481 g/mol.